The molecule has 7 nitrogen and oxygen atoms in total. The van der Waals surface area contributed by atoms with Crippen molar-refractivity contribution in [1.82, 2.24) is 24.9 Å². The third-order valence-electron chi connectivity index (χ3n) is 3.70. The summed E-state index contributed by atoms with van der Waals surface area (Å²) in [6.07, 6.45) is 3.13. The Hall–Kier alpha value is -2.31. The van der Waals surface area contributed by atoms with E-state index < -0.39 is 0 Å². The Labute approximate surface area is 116 Å². The first-order valence-electron chi connectivity index (χ1n) is 6.58. The van der Waals surface area contributed by atoms with Crippen LogP contribution in [0.3, 0.4) is 0 Å². The quantitative estimate of drug-likeness (QED) is 0.860. The van der Waals surface area contributed by atoms with Crippen LogP contribution in [0.1, 0.15) is 21.7 Å². The molecule has 1 N–H and O–H groups in total. The zero-order chi connectivity index (χ0) is 14.1. The third kappa shape index (κ3) is 2.04. The summed E-state index contributed by atoms with van der Waals surface area (Å²) in [7, 11) is 3.54. The number of nitrogens with zero attached hydrogens (tertiary/aromatic N) is 4. The molecule has 0 saturated carbocycles. The van der Waals surface area contributed by atoms with Crippen molar-refractivity contribution in [3.8, 4) is 5.88 Å². The molecule has 0 aromatic carbocycles. The highest BCUT2D eigenvalue weighted by molar-refractivity contribution is 5.92. The molecule has 0 fully saturated rings. The molecule has 7 heteroatoms. The predicted octanol–water partition coefficient (Wildman–Crippen LogP) is 0.393. The van der Waals surface area contributed by atoms with Crippen LogP contribution in [-0.2, 0) is 19.9 Å². The predicted molar refractivity (Wildman–Crippen MR) is 71.7 cm³/mol. The van der Waals surface area contributed by atoms with Gasteiger partial charge < -0.3 is 9.64 Å². The summed E-state index contributed by atoms with van der Waals surface area (Å²) >= 11 is 0. The molecule has 1 aliphatic heterocycles. The van der Waals surface area contributed by atoms with Crippen LogP contribution in [0.25, 0.3) is 0 Å². The van der Waals surface area contributed by atoms with Crippen molar-refractivity contribution in [2.75, 3.05) is 20.2 Å². The number of ether oxygens (including phenoxy) is 1. The molecule has 3 rings (SSSR count). The number of aromatic amines is 1. The number of nitrogens with one attached hydrogen (secondary N) is 1. The molecule has 2 aromatic rings. The maximum Gasteiger partial charge on any atom is 0.271 e. The number of hydrogen-bond acceptors (Lipinski definition) is 4. The van der Waals surface area contributed by atoms with E-state index in [2.05, 4.69) is 15.3 Å². The molecule has 2 aromatic heterocycles. The van der Waals surface area contributed by atoms with E-state index in [0.29, 0.717) is 24.7 Å². The second kappa shape index (κ2) is 4.99. The van der Waals surface area contributed by atoms with Crippen molar-refractivity contribution < 1.29 is 9.53 Å². The summed E-state index contributed by atoms with van der Waals surface area (Å²) in [6, 6.07) is 1.70. The molecule has 20 heavy (non-hydrogen) atoms. The first-order valence-corrected chi connectivity index (χ1v) is 6.58. The average molecular weight is 275 g/mol. The largest absolute Gasteiger partial charge is 0.480 e. The van der Waals surface area contributed by atoms with E-state index in [-0.39, 0.29) is 5.91 Å². The lowest BCUT2D eigenvalue weighted by molar-refractivity contribution is 0.0756. The molecule has 0 unspecified atom stereocenters. The molecule has 1 amide bonds. The van der Waals surface area contributed by atoms with Gasteiger partial charge in [0.1, 0.15) is 5.69 Å². The number of fused-ring (bicyclic) bond motifs is 1. The number of carbonyl (C=O) groups is 1. The summed E-state index contributed by atoms with van der Waals surface area (Å²) in [5.41, 5.74) is 2.78. The number of methoxy groups -OCH3 is 1. The van der Waals surface area contributed by atoms with Crippen molar-refractivity contribution in [1.29, 1.82) is 0 Å². The summed E-state index contributed by atoms with van der Waals surface area (Å²) < 4.78 is 7.15. The SMILES string of the molecule is COc1nn(C)c2c1CCN(C(=O)c1ccn[nH]1)CC2. The van der Waals surface area contributed by atoms with Gasteiger partial charge in [0, 0.05) is 44.0 Å². The van der Waals surface area contributed by atoms with Crippen molar-refractivity contribution in [2.24, 2.45) is 7.05 Å². The van der Waals surface area contributed by atoms with Gasteiger partial charge in [-0.15, -0.1) is 5.10 Å². The Morgan fingerprint density at radius 3 is 2.90 bits per heavy atom. The summed E-state index contributed by atoms with van der Waals surface area (Å²) in [5.74, 6) is 0.653. The smallest absolute Gasteiger partial charge is 0.271 e. The lowest BCUT2D eigenvalue weighted by atomic mass is 10.1. The highest BCUT2D eigenvalue weighted by Crippen LogP contribution is 2.25. The van der Waals surface area contributed by atoms with Gasteiger partial charge in [0.15, 0.2) is 0 Å². The van der Waals surface area contributed by atoms with Gasteiger partial charge >= 0.3 is 0 Å². The van der Waals surface area contributed by atoms with E-state index in [1.54, 1.807) is 19.4 Å². The number of hydrogen-bond donors (Lipinski definition) is 1. The molecule has 0 bridgehead atoms. The zero-order valence-corrected chi connectivity index (χ0v) is 11.6. The van der Waals surface area contributed by atoms with Gasteiger partial charge in [-0.25, -0.2) is 0 Å². The Morgan fingerprint density at radius 2 is 2.20 bits per heavy atom. The average Bonchev–Trinajstić information content (AvgIpc) is 3.01. The molecule has 0 radical (unpaired) electrons. The van der Waals surface area contributed by atoms with Crippen LogP contribution in [0, 0.1) is 0 Å². The molecule has 3 heterocycles. The van der Waals surface area contributed by atoms with Crippen LogP contribution >= 0.6 is 0 Å². The summed E-state index contributed by atoms with van der Waals surface area (Å²) in [5, 5.41) is 10.9. The standard InChI is InChI=1S/C13H17N5O2/c1-17-11-5-8-18(13(19)10-3-6-14-15-10)7-4-9(11)12(16-17)20-2/h3,6H,4-5,7-8H2,1-2H3,(H,14,15). The Balaban J connectivity index is 1.81. The highest BCUT2D eigenvalue weighted by Gasteiger charge is 2.25. The molecule has 1 aliphatic rings. The Kier molecular flexibility index (Phi) is 3.17. The monoisotopic (exact) mass is 275 g/mol. The van der Waals surface area contributed by atoms with Crippen LogP contribution in [0.15, 0.2) is 12.3 Å². The first kappa shape index (κ1) is 12.7. The molecule has 0 saturated heterocycles. The van der Waals surface area contributed by atoms with Gasteiger partial charge in [-0.3, -0.25) is 14.6 Å². The van der Waals surface area contributed by atoms with E-state index in [9.17, 15) is 4.79 Å². The zero-order valence-electron chi connectivity index (χ0n) is 11.6. The Morgan fingerprint density at radius 1 is 1.40 bits per heavy atom. The van der Waals surface area contributed by atoms with Gasteiger partial charge in [-0.1, -0.05) is 0 Å². The highest BCUT2D eigenvalue weighted by atomic mass is 16.5. The number of H-pyrrole nitrogens is 1. The van der Waals surface area contributed by atoms with Crippen LogP contribution < -0.4 is 4.74 Å². The summed E-state index contributed by atoms with van der Waals surface area (Å²) in [6.45, 7) is 1.33. The second-order valence-electron chi connectivity index (χ2n) is 4.82. The van der Waals surface area contributed by atoms with E-state index in [4.69, 9.17) is 4.74 Å². The minimum atomic E-state index is -0.0118. The molecular weight excluding hydrogens is 258 g/mol. The fourth-order valence-corrected chi connectivity index (χ4v) is 2.65. The van der Waals surface area contributed by atoms with Gasteiger partial charge in [0.2, 0.25) is 5.88 Å². The van der Waals surface area contributed by atoms with Gasteiger partial charge in [0.05, 0.1) is 7.11 Å². The van der Waals surface area contributed by atoms with E-state index in [0.717, 1.165) is 24.1 Å². The lowest BCUT2D eigenvalue weighted by Gasteiger charge is -2.19. The fraction of sp³-hybridized carbons (Fsp3) is 0.462. The van der Waals surface area contributed by atoms with Gasteiger partial charge in [-0.2, -0.15) is 5.10 Å². The summed E-state index contributed by atoms with van der Waals surface area (Å²) in [4.78, 5) is 14.2. The van der Waals surface area contributed by atoms with Crippen molar-refractivity contribution in [3.63, 3.8) is 0 Å². The third-order valence-corrected chi connectivity index (χ3v) is 3.70. The number of rotatable bonds is 2. The number of aromatic nitrogens is 4. The van der Waals surface area contributed by atoms with Crippen LogP contribution in [-0.4, -0.2) is 51.0 Å². The minimum Gasteiger partial charge on any atom is -0.480 e. The van der Waals surface area contributed by atoms with Crippen molar-refractivity contribution in [3.05, 3.63) is 29.2 Å². The van der Waals surface area contributed by atoms with E-state index in [1.807, 2.05) is 16.6 Å². The number of aryl methyl sites for hydroxylation is 1. The molecule has 0 aliphatic carbocycles. The van der Waals surface area contributed by atoms with Crippen molar-refractivity contribution >= 4 is 5.91 Å². The van der Waals surface area contributed by atoms with Gasteiger partial charge in [0.25, 0.3) is 5.91 Å². The van der Waals surface area contributed by atoms with Gasteiger partial charge in [-0.05, 0) is 12.5 Å². The number of amides is 1. The fourth-order valence-electron chi connectivity index (χ4n) is 2.65. The topological polar surface area (TPSA) is 76.0 Å². The molecule has 106 valence electrons. The molecule has 0 atom stereocenters. The minimum absolute atomic E-state index is 0.0118. The second-order valence-corrected chi connectivity index (χ2v) is 4.82. The molecular formula is C13H17N5O2. The van der Waals surface area contributed by atoms with E-state index in [1.165, 1.54) is 0 Å². The van der Waals surface area contributed by atoms with Crippen LogP contribution in [0.4, 0.5) is 0 Å². The van der Waals surface area contributed by atoms with Crippen LogP contribution in [0.2, 0.25) is 0 Å². The molecule has 0 spiro atoms. The first-order chi connectivity index (χ1) is 9.70. The maximum atomic E-state index is 12.3. The van der Waals surface area contributed by atoms with Crippen LogP contribution in [0.5, 0.6) is 5.88 Å². The Bertz CT molecular complexity index is 617. The normalized spacial score (nSPS) is 14.8. The maximum absolute atomic E-state index is 12.3. The number of carbonyl (C=O) groups excluding carboxylic acids is 1. The van der Waals surface area contributed by atoms with E-state index >= 15 is 0 Å². The van der Waals surface area contributed by atoms with Crippen molar-refractivity contribution in [2.45, 2.75) is 12.8 Å². The lowest BCUT2D eigenvalue weighted by Crippen LogP contribution is -2.33.